The summed E-state index contributed by atoms with van der Waals surface area (Å²) >= 11 is 0. The van der Waals surface area contributed by atoms with Crippen LogP contribution >= 0.6 is 0 Å². The number of pyridine rings is 1. The lowest BCUT2D eigenvalue weighted by molar-refractivity contribution is 0.102. The molecule has 2 aromatic heterocycles. The topological polar surface area (TPSA) is 46.4 Å². The number of nitrogens with zero attached hydrogens (tertiary/aromatic N) is 2. The minimum Gasteiger partial charge on any atom is -0.321 e. The average molecular weight is 321 g/mol. The van der Waals surface area contributed by atoms with Crippen LogP contribution in [-0.4, -0.2) is 15.3 Å². The number of imidazole rings is 1. The van der Waals surface area contributed by atoms with Gasteiger partial charge in [-0.25, -0.2) is 4.98 Å². The molecule has 2 heterocycles. The minimum absolute atomic E-state index is 0.110. The molecule has 1 N–H and O–H groups in total. The molecule has 0 aliphatic rings. The molecule has 124 valence electrons. The van der Waals surface area contributed by atoms with Gasteiger partial charge in [-0.15, -0.1) is 0 Å². The first-order valence-electron chi connectivity index (χ1n) is 8.35. The van der Waals surface area contributed by atoms with Crippen LogP contribution in [0.2, 0.25) is 0 Å². The molecule has 1 aromatic carbocycles. The number of aryl methyl sites for hydroxylation is 4. The number of carbonyl (C=O) groups is 1. The maximum atomic E-state index is 12.9. The number of carbonyl (C=O) groups excluding carboxylic acids is 1. The summed E-state index contributed by atoms with van der Waals surface area (Å²) in [5.41, 5.74) is 6.49. The van der Waals surface area contributed by atoms with E-state index in [0.717, 1.165) is 46.6 Å². The summed E-state index contributed by atoms with van der Waals surface area (Å²) in [6.07, 6.45) is 3.71. The molecule has 0 unspecified atom stereocenters. The van der Waals surface area contributed by atoms with Gasteiger partial charge in [-0.05, 0) is 62.1 Å². The Balaban J connectivity index is 2.04. The Morgan fingerprint density at radius 1 is 1.08 bits per heavy atom. The summed E-state index contributed by atoms with van der Waals surface area (Å²) in [6, 6.07) is 10.0. The van der Waals surface area contributed by atoms with Crippen LogP contribution in [0.3, 0.4) is 0 Å². The van der Waals surface area contributed by atoms with Crippen molar-refractivity contribution in [3.05, 3.63) is 64.6 Å². The minimum atomic E-state index is -0.110. The zero-order valence-corrected chi connectivity index (χ0v) is 14.7. The monoisotopic (exact) mass is 321 g/mol. The van der Waals surface area contributed by atoms with Gasteiger partial charge in [0, 0.05) is 11.9 Å². The van der Waals surface area contributed by atoms with Gasteiger partial charge >= 0.3 is 0 Å². The van der Waals surface area contributed by atoms with E-state index in [2.05, 4.69) is 23.3 Å². The SMILES string of the molecule is CCCc1nc2ccc(C)cn2c1C(=O)Nc1cc(C)cc(C)c1. The van der Waals surface area contributed by atoms with Gasteiger partial charge in [-0.2, -0.15) is 0 Å². The van der Waals surface area contributed by atoms with Crippen LogP contribution in [0, 0.1) is 20.8 Å². The number of benzene rings is 1. The summed E-state index contributed by atoms with van der Waals surface area (Å²) in [7, 11) is 0. The zero-order chi connectivity index (χ0) is 17.3. The number of nitrogens with one attached hydrogen (secondary N) is 1. The Labute approximate surface area is 142 Å². The summed E-state index contributed by atoms with van der Waals surface area (Å²) < 4.78 is 1.90. The first-order chi connectivity index (χ1) is 11.5. The Bertz CT molecular complexity index is 888. The van der Waals surface area contributed by atoms with Crippen LogP contribution in [-0.2, 0) is 6.42 Å². The molecule has 0 atom stereocenters. The molecule has 3 rings (SSSR count). The average Bonchev–Trinajstić information content (AvgIpc) is 2.83. The molecule has 0 saturated carbocycles. The van der Waals surface area contributed by atoms with Crippen LogP contribution in [0.4, 0.5) is 5.69 Å². The predicted octanol–water partition coefficient (Wildman–Crippen LogP) is 4.46. The van der Waals surface area contributed by atoms with Gasteiger partial charge < -0.3 is 5.32 Å². The molecule has 0 spiro atoms. The molecule has 0 aliphatic heterocycles. The van der Waals surface area contributed by atoms with Crippen molar-refractivity contribution >= 4 is 17.2 Å². The van der Waals surface area contributed by atoms with E-state index >= 15 is 0 Å². The van der Waals surface area contributed by atoms with E-state index in [-0.39, 0.29) is 5.91 Å². The third-order valence-electron chi connectivity index (χ3n) is 4.02. The van der Waals surface area contributed by atoms with Crippen molar-refractivity contribution in [3.8, 4) is 0 Å². The first kappa shape index (κ1) is 16.2. The Kier molecular flexibility index (Phi) is 4.38. The van der Waals surface area contributed by atoms with E-state index in [9.17, 15) is 4.79 Å². The number of aromatic nitrogens is 2. The highest BCUT2D eigenvalue weighted by Crippen LogP contribution is 2.19. The van der Waals surface area contributed by atoms with Crippen molar-refractivity contribution in [2.45, 2.75) is 40.5 Å². The second-order valence-corrected chi connectivity index (χ2v) is 6.42. The van der Waals surface area contributed by atoms with E-state index in [0.29, 0.717) is 5.69 Å². The molecular weight excluding hydrogens is 298 g/mol. The molecule has 1 amide bonds. The molecular formula is C20H23N3O. The van der Waals surface area contributed by atoms with Gasteiger partial charge in [0.25, 0.3) is 5.91 Å². The molecule has 0 fully saturated rings. The fourth-order valence-corrected chi connectivity index (χ4v) is 3.09. The van der Waals surface area contributed by atoms with Crippen molar-refractivity contribution in [2.24, 2.45) is 0 Å². The number of fused-ring (bicyclic) bond motifs is 1. The number of amides is 1. The van der Waals surface area contributed by atoms with Gasteiger partial charge in [0.2, 0.25) is 0 Å². The largest absolute Gasteiger partial charge is 0.321 e. The van der Waals surface area contributed by atoms with Crippen LogP contribution in [0.5, 0.6) is 0 Å². The van der Waals surface area contributed by atoms with Crippen LogP contribution < -0.4 is 5.32 Å². The van der Waals surface area contributed by atoms with E-state index in [4.69, 9.17) is 0 Å². The van der Waals surface area contributed by atoms with Gasteiger partial charge in [-0.1, -0.05) is 25.5 Å². The Morgan fingerprint density at radius 3 is 2.46 bits per heavy atom. The van der Waals surface area contributed by atoms with Crippen molar-refractivity contribution in [2.75, 3.05) is 5.32 Å². The van der Waals surface area contributed by atoms with E-state index in [1.807, 2.05) is 55.6 Å². The third-order valence-corrected chi connectivity index (χ3v) is 4.02. The van der Waals surface area contributed by atoms with Gasteiger partial charge in [0.1, 0.15) is 11.3 Å². The van der Waals surface area contributed by atoms with E-state index < -0.39 is 0 Å². The molecule has 4 nitrogen and oxygen atoms in total. The van der Waals surface area contributed by atoms with E-state index in [1.165, 1.54) is 0 Å². The third kappa shape index (κ3) is 3.18. The molecule has 4 heteroatoms. The van der Waals surface area contributed by atoms with E-state index in [1.54, 1.807) is 0 Å². The maximum absolute atomic E-state index is 12.9. The highest BCUT2D eigenvalue weighted by molar-refractivity contribution is 6.04. The summed E-state index contributed by atoms with van der Waals surface area (Å²) in [5, 5.41) is 3.04. The van der Waals surface area contributed by atoms with Crippen LogP contribution in [0.1, 0.15) is 46.2 Å². The fourth-order valence-electron chi connectivity index (χ4n) is 3.09. The number of hydrogen-bond donors (Lipinski definition) is 1. The highest BCUT2D eigenvalue weighted by Gasteiger charge is 2.19. The standard InChI is InChI=1S/C20H23N3O/c1-5-6-17-19(23-12-13(2)7-8-18(23)22-17)20(24)21-16-10-14(3)9-15(4)11-16/h7-12H,5-6H2,1-4H3,(H,21,24). The molecule has 0 aliphatic carbocycles. The number of hydrogen-bond acceptors (Lipinski definition) is 2. The molecule has 24 heavy (non-hydrogen) atoms. The van der Waals surface area contributed by atoms with Gasteiger partial charge in [-0.3, -0.25) is 9.20 Å². The molecule has 0 bridgehead atoms. The van der Waals surface area contributed by atoms with Gasteiger partial charge in [0.15, 0.2) is 0 Å². The Morgan fingerprint density at radius 2 is 1.79 bits per heavy atom. The maximum Gasteiger partial charge on any atom is 0.274 e. The quantitative estimate of drug-likeness (QED) is 0.771. The molecule has 3 aromatic rings. The van der Waals surface area contributed by atoms with Crippen molar-refractivity contribution in [3.63, 3.8) is 0 Å². The summed E-state index contributed by atoms with van der Waals surface area (Å²) in [6.45, 7) is 8.18. The van der Waals surface area contributed by atoms with Crippen LogP contribution in [0.25, 0.3) is 5.65 Å². The second kappa shape index (κ2) is 6.48. The number of rotatable bonds is 4. The zero-order valence-electron chi connectivity index (χ0n) is 14.7. The molecule has 0 saturated heterocycles. The van der Waals surface area contributed by atoms with Gasteiger partial charge in [0.05, 0.1) is 5.69 Å². The van der Waals surface area contributed by atoms with Crippen LogP contribution in [0.15, 0.2) is 36.5 Å². The van der Waals surface area contributed by atoms with Crippen molar-refractivity contribution in [1.29, 1.82) is 0 Å². The predicted molar refractivity (Wildman–Crippen MR) is 97.8 cm³/mol. The second-order valence-electron chi connectivity index (χ2n) is 6.42. The summed E-state index contributed by atoms with van der Waals surface area (Å²) in [4.78, 5) is 17.6. The normalized spacial score (nSPS) is 11.0. The molecule has 0 radical (unpaired) electrons. The van der Waals surface area contributed by atoms with Crippen molar-refractivity contribution < 1.29 is 4.79 Å². The smallest absolute Gasteiger partial charge is 0.274 e. The Hall–Kier alpha value is -2.62. The lowest BCUT2D eigenvalue weighted by atomic mass is 10.1. The number of anilines is 1. The highest BCUT2D eigenvalue weighted by atomic mass is 16.2. The fraction of sp³-hybridized carbons (Fsp3) is 0.300. The summed E-state index contributed by atoms with van der Waals surface area (Å²) in [5.74, 6) is -0.110. The lowest BCUT2D eigenvalue weighted by Crippen LogP contribution is -2.16. The van der Waals surface area contributed by atoms with Crippen molar-refractivity contribution in [1.82, 2.24) is 9.38 Å². The first-order valence-corrected chi connectivity index (χ1v) is 8.35. The lowest BCUT2D eigenvalue weighted by Gasteiger charge is -2.09.